The first-order valence-electron chi connectivity index (χ1n) is 8.95. The van der Waals surface area contributed by atoms with E-state index in [-0.39, 0.29) is 10.6 Å². The van der Waals surface area contributed by atoms with E-state index in [1.54, 1.807) is 37.3 Å². The topological polar surface area (TPSA) is 91.7 Å². The van der Waals surface area contributed by atoms with Crippen LogP contribution in [0.1, 0.15) is 12.5 Å². The molecule has 7 nitrogen and oxygen atoms in total. The van der Waals surface area contributed by atoms with E-state index in [9.17, 15) is 13.2 Å². The molecule has 0 aliphatic heterocycles. The predicted molar refractivity (Wildman–Crippen MR) is 125 cm³/mol. The first-order valence-corrected chi connectivity index (χ1v) is 11.5. The van der Waals surface area contributed by atoms with Crippen LogP contribution in [0.2, 0.25) is 0 Å². The zero-order valence-corrected chi connectivity index (χ0v) is 19.0. The summed E-state index contributed by atoms with van der Waals surface area (Å²) in [5, 5.41) is 4.11. The van der Waals surface area contributed by atoms with Gasteiger partial charge in [-0.15, -0.1) is 0 Å². The largest absolute Gasteiger partial charge is 0.271 e. The summed E-state index contributed by atoms with van der Waals surface area (Å²) in [4.78, 5) is 16.6. The SMILES string of the molecule is C/C(=N/NC(=O)CN(c1cccnc1)S(=O)(=O)c1ccccc1)c1cccc(I)c1. The molecule has 1 amide bonds. The lowest BCUT2D eigenvalue weighted by atomic mass is 10.1. The quantitative estimate of drug-likeness (QED) is 0.286. The van der Waals surface area contributed by atoms with Gasteiger partial charge in [-0.25, -0.2) is 13.8 Å². The number of hydrogen-bond acceptors (Lipinski definition) is 5. The Morgan fingerprint density at radius 3 is 2.53 bits per heavy atom. The highest BCUT2D eigenvalue weighted by Crippen LogP contribution is 2.22. The fourth-order valence-electron chi connectivity index (χ4n) is 2.63. The van der Waals surface area contributed by atoms with Crippen molar-refractivity contribution >= 4 is 49.9 Å². The van der Waals surface area contributed by atoms with Crippen LogP contribution >= 0.6 is 22.6 Å². The zero-order chi connectivity index (χ0) is 21.6. The van der Waals surface area contributed by atoms with E-state index >= 15 is 0 Å². The summed E-state index contributed by atoms with van der Waals surface area (Å²) in [5.41, 5.74) is 4.21. The molecule has 1 aromatic heterocycles. The Balaban J connectivity index is 1.83. The van der Waals surface area contributed by atoms with Gasteiger partial charge in [0.05, 0.1) is 22.5 Å². The Morgan fingerprint density at radius 2 is 1.87 bits per heavy atom. The van der Waals surface area contributed by atoms with Gasteiger partial charge < -0.3 is 0 Å². The van der Waals surface area contributed by atoms with Crippen LogP contribution in [-0.4, -0.2) is 31.6 Å². The molecule has 2 aromatic carbocycles. The summed E-state index contributed by atoms with van der Waals surface area (Å²) in [6.07, 6.45) is 2.93. The van der Waals surface area contributed by atoms with Crippen molar-refractivity contribution in [1.82, 2.24) is 10.4 Å². The standard InChI is InChI=1S/C21H19IN4O3S/c1-16(17-7-5-8-18(22)13-17)24-25-21(27)15-26(19-9-6-12-23-14-19)30(28,29)20-10-3-2-4-11-20/h2-14H,15H2,1H3,(H,25,27)/b24-16-. The lowest BCUT2D eigenvalue weighted by molar-refractivity contribution is -0.119. The second kappa shape index (κ2) is 9.81. The van der Waals surface area contributed by atoms with Crippen molar-refractivity contribution < 1.29 is 13.2 Å². The molecule has 0 spiro atoms. The summed E-state index contributed by atoms with van der Waals surface area (Å²) in [6.45, 7) is 1.33. The number of amides is 1. The van der Waals surface area contributed by atoms with Crippen LogP contribution < -0.4 is 9.73 Å². The summed E-state index contributed by atoms with van der Waals surface area (Å²) in [6, 6.07) is 18.8. The number of carbonyl (C=O) groups is 1. The van der Waals surface area contributed by atoms with Gasteiger partial charge in [-0.05, 0) is 71.5 Å². The van der Waals surface area contributed by atoms with Crippen molar-refractivity contribution in [1.29, 1.82) is 0 Å². The fourth-order valence-corrected chi connectivity index (χ4v) is 4.60. The van der Waals surface area contributed by atoms with Crippen molar-refractivity contribution in [3.05, 3.63) is 88.3 Å². The average molecular weight is 534 g/mol. The molecule has 3 rings (SSSR count). The van der Waals surface area contributed by atoms with Crippen LogP contribution in [0.5, 0.6) is 0 Å². The molecule has 0 atom stereocenters. The van der Waals surface area contributed by atoms with E-state index in [2.05, 4.69) is 38.1 Å². The normalized spacial score (nSPS) is 11.7. The molecular formula is C21H19IN4O3S. The lowest BCUT2D eigenvalue weighted by Crippen LogP contribution is -2.39. The Hall–Kier alpha value is -2.79. The summed E-state index contributed by atoms with van der Waals surface area (Å²) in [5.74, 6) is -0.566. The number of carbonyl (C=O) groups excluding carboxylic acids is 1. The van der Waals surface area contributed by atoms with Gasteiger partial charge in [-0.1, -0.05) is 30.3 Å². The van der Waals surface area contributed by atoms with Crippen LogP contribution in [0.3, 0.4) is 0 Å². The van der Waals surface area contributed by atoms with Crippen LogP contribution in [0, 0.1) is 3.57 Å². The number of halogens is 1. The third kappa shape index (κ3) is 5.42. The summed E-state index contributed by atoms with van der Waals surface area (Å²) < 4.78 is 28.4. The maximum Gasteiger partial charge on any atom is 0.264 e. The van der Waals surface area contributed by atoms with Crippen LogP contribution in [0.15, 0.2) is 89.1 Å². The second-order valence-corrected chi connectivity index (χ2v) is 9.39. The molecule has 1 N–H and O–H groups in total. The zero-order valence-electron chi connectivity index (χ0n) is 16.1. The van der Waals surface area contributed by atoms with Gasteiger partial charge in [0.2, 0.25) is 0 Å². The number of anilines is 1. The molecule has 30 heavy (non-hydrogen) atoms. The number of aromatic nitrogens is 1. The van der Waals surface area contributed by atoms with Gasteiger partial charge in [0.1, 0.15) is 6.54 Å². The molecule has 9 heteroatoms. The Morgan fingerprint density at radius 1 is 1.10 bits per heavy atom. The number of nitrogens with one attached hydrogen (secondary N) is 1. The van der Waals surface area contributed by atoms with Crippen molar-refractivity contribution in [3.63, 3.8) is 0 Å². The van der Waals surface area contributed by atoms with E-state index in [1.165, 1.54) is 24.5 Å². The maximum atomic E-state index is 13.1. The molecule has 0 bridgehead atoms. The average Bonchev–Trinajstić information content (AvgIpc) is 2.77. The number of hydrogen-bond donors (Lipinski definition) is 1. The highest BCUT2D eigenvalue weighted by atomic mass is 127. The molecule has 0 unspecified atom stereocenters. The van der Waals surface area contributed by atoms with E-state index in [4.69, 9.17) is 0 Å². The number of pyridine rings is 1. The molecule has 0 saturated heterocycles. The minimum absolute atomic E-state index is 0.0835. The van der Waals surface area contributed by atoms with Crippen molar-refractivity contribution in [2.75, 3.05) is 10.8 Å². The highest BCUT2D eigenvalue weighted by Gasteiger charge is 2.27. The molecule has 1 heterocycles. The number of benzene rings is 2. The first kappa shape index (κ1) is 21.9. The van der Waals surface area contributed by atoms with Crippen molar-refractivity contribution in [2.24, 2.45) is 5.10 Å². The maximum absolute atomic E-state index is 13.1. The summed E-state index contributed by atoms with van der Waals surface area (Å²) >= 11 is 2.20. The Labute approximate surface area is 189 Å². The number of hydrazone groups is 1. The van der Waals surface area contributed by atoms with E-state index in [0.717, 1.165) is 13.4 Å². The van der Waals surface area contributed by atoms with Crippen molar-refractivity contribution in [2.45, 2.75) is 11.8 Å². The molecule has 0 radical (unpaired) electrons. The molecule has 154 valence electrons. The van der Waals surface area contributed by atoms with E-state index < -0.39 is 22.5 Å². The highest BCUT2D eigenvalue weighted by molar-refractivity contribution is 14.1. The van der Waals surface area contributed by atoms with E-state index in [1.807, 2.05) is 24.3 Å². The number of rotatable bonds is 7. The minimum atomic E-state index is -3.96. The predicted octanol–water partition coefficient (Wildman–Crippen LogP) is 3.42. The lowest BCUT2D eigenvalue weighted by Gasteiger charge is -2.23. The second-order valence-electron chi connectivity index (χ2n) is 6.28. The monoisotopic (exact) mass is 534 g/mol. The van der Waals surface area contributed by atoms with Crippen molar-refractivity contribution in [3.8, 4) is 0 Å². The number of sulfonamides is 1. The summed E-state index contributed by atoms with van der Waals surface area (Å²) in [7, 11) is -3.96. The van der Waals surface area contributed by atoms with Gasteiger partial charge >= 0.3 is 0 Å². The van der Waals surface area contributed by atoms with Crippen LogP contribution in [0.4, 0.5) is 5.69 Å². The van der Waals surface area contributed by atoms with E-state index in [0.29, 0.717) is 5.71 Å². The smallest absolute Gasteiger partial charge is 0.264 e. The first-order chi connectivity index (χ1) is 14.4. The molecule has 0 saturated carbocycles. The molecule has 0 fully saturated rings. The third-order valence-electron chi connectivity index (χ3n) is 4.14. The molecular weight excluding hydrogens is 515 g/mol. The minimum Gasteiger partial charge on any atom is -0.271 e. The van der Waals surface area contributed by atoms with Gasteiger partial charge in [-0.3, -0.25) is 14.1 Å². The fraction of sp³-hybridized carbons (Fsp3) is 0.0952. The third-order valence-corrected chi connectivity index (χ3v) is 6.60. The van der Waals surface area contributed by atoms with Gasteiger partial charge in [0.15, 0.2) is 0 Å². The molecule has 3 aromatic rings. The molecule has 0 aliphatic carbocycles. The number of nitrogens with zero attached hydrogens (tertiary/aromatic N) is 3. The Bertz CT molecular complexity index is 1150. The van der Waals surface area contributed by atoms with Gasteiger partial charge in [0, 0.05) is 9.77 Å². The molecule has 0 aliphatic rings. The van der Waals surface area contributed by atoms with Crippen LogP contribution in [-0.2, 0) is 14.8 Å². The van der Waals surface area contributed by atoms with Gasteiger partial charge in [0.25, 0.3) is 15.9 Å². The Kier molecular flexibility index (Phi) is 7.16. The van der Waals surface area contributed by atoms with Gasteiger partial charge in [-0.2, -0.15) is 5.10 Å². The van der Waals surface area contributed by atoms with Crippen LogP contribution in [0.25, 0.3) is 0 Å².